The number of esters is 1. The van der Waals surface area contributed by atoms with E-state index in [1.807, 2.05) is 49.4 Å². The van der Waals surface area contributed by atoms with E-state index in [0.717, 1.165) is 41.3 Å². The molecule has 2 aromatic carbocycles. The number of carbonyl (C=O) groups excluding carboxylic acids is 1. The van der Waals surface area contributed by atoms with Gasteiger partial charge in [0.05, 0.1) is 25.2 Å². The summed E-state index contributed by atoms with van der Waals surface area (Å²) < 4.78 is 10.7. The number of carbonyl (C=O) groups is 1. The summed E-state index contributed by atoms with van der Waals surface area (Å²) in [5.41, 5.74) is 3.19. The molecule has 1 aromatic heterocycles. The standard InChI is InChI=1S/C23H25NO3/c1-17(23(25)26-2)10-8-9-15-27-22-16-20(18-11-4-3-5-12-18)19-13-6-7-14-21(19)24-22/h3-7,11-14,16-17H,8-10,15H2,1-2H3. The number of aromatic nitrogens is 1. The van der Waals surface area contributed by atoms with Crippen LogP contribution in [-0.2, 0) is 9.53 Å². The largest absolute Gasteiger partial charge is 0.478 e. The third-order valence-corrected chi connectivity index (χ3v) is 4.66. The van der Waals surface area contributed by atoms with Crippen molar-refractivity contribution < 1.29 is 14.3 Å². The number of methoxy groups -OCH3 is 1. The van der Waals surface area contributed by atoms with E-state index in [0.29, 0.717) is 12.5 Å². The quantitative estimate of drug-likeness (QED) is 0.405. The molecule has 0 aliphatic carbocycles. The van der Waals surface area contributed by atoms with Gasteiger partial charge >= 0.3 is 5.97 Å². The second kappa shape index (κ2) is 9.17. The first kappa shape index (κ1) is 18.9. The minimum absolute atomic E-state index is 0.0709. The normalized spacial score (nSPS) is 11.9. The smallest absolute Gasteiger partial charge is 0.308 e. The molecule has 0 aliphatic rings. The molecule has 1 unspecified atom stereocenters. The highest BCUT2D eigenvalue weighted by Gasteiger charge is 2.12. The second-order valence-corrected chi connectivity index (χ2v) is 6.66. The van der Waals surface area contributed by atoms with Crippen LogP contribution in [0.25, 0.3) is 22.0 Å². The molecule has 0 saturated heterocycles. The summed E-state index contributed by atoms with van der Waals surface area (Å²) in [4.78, 5) is 16.1. The molecule has 0 bridgehead atoms. The van der Waals surface area contributed by atoms with Crippen LogP contribution in [0.1, 0.15) is 26.2 Å². The SMILES string of the molecule is COC(=O)C(C)CCCCOc1cc(-c2ccccc2)c2ccccc2n1. The average Bonchev–Trinajstić information content (AvgIpc) is 2.72. The van der Waals surface area contributed by atoms with Crippen LogP contribution < -0.4 is 4.74 Å². The number of fused-ring (bicyclic) bond motifs is 1. The molecule has 0 N–H and O–H groups in total. The number of nitrogens with zero attached hydrogens (tertiary/aromatic N) is 1. The Morgan fingerprint density at radius 3 is 2.56 bits per heavy atom. The third-order valence-electron chi connectivity index (χ3n) is 4.66. The summed E-state index contributed by atoms with van der Waals surface area (Å²) in [7, 11) is 1.43. The van der Waals surface area contributed by atoms with E-state index in [4.69, 9.17) is 9.47 Å². The van der Waals surface area contributed by atoms with Crippen molar-refractivity contribution in [2.24, 2.45) is 5.92 Å². The van der Waals surface area contributed by atoms with Gasteiger partial charge in [-0.1, -0.05) is 55.5 Å². The maximum absolute atomic E-state index is 11.4. The molecule has 4 nitrogen and oxygen atoms in total. The van der Waals surface area contributed by atoms with Gasteiger partial charge in [-0.05, 0) is 36.5 Å². The second-order valence-electron chi connectivity index (χ2n) is 6.66. The molecule has 0 spiro atoms. The van der Waals surface area contributed by atoms with Crippen LogP contribution in [0.2, 0.25) is 0 Å². The Bertz CT molecular complexity index is 893. The highest BCUT2D eigenvalue weighted by Crippen LogP contribution is 2.30. The molecule has 1 atom stereocenters. The molecule has 140 valence electrons. The minimum atomic E-state index is -0.153. The summed E-state index contributed by atoms with van der Waals surface area (Å²) >= 11 is 0. The number of para-hydroxylation sites is 1. The first-order valence-electron chi connectivity index (χ1n) is 9.35. The van der Waals surface area contributed by atoms with Gasteiger partial charge in [0.1, 0.15) is 0 Å². The van der Waals surface area contributed by atoms with E-state index in [2.05, 4.69) is 23.2 Å². The van der Waals surface area contributed by atoms with Gasteiger partial charge in [-0.25, -0.2) is 4.98 Å². The molecular weight excluding hydrogens is 338 g/mol. The van der Waals surface area contributed by atoms with Gasteiger partial charge < -0.3 is 9.47 Å². The summed E-state index contributed by atoms with van der Waals surface area (Å²) in [5.74, 6) is 0.409. The van der Waals surface area contributed by atoms with Gasteiger partial charge in [0.15, 0.2) is 0 Å². The lowest BCUT2D eigenvalue weighted by Crippen LogP contribution is -2.12. The van der Waals surface area contributed by atoms with Crippen LogP contribution in [0.5, 0.6) is 5.88 Å². The lowest BCUT2D eigenvalue weighted by atomic mass is 10.0. The number of unbranched alkanes of at least 4 members (excludes halogenated alkanes) is 1. The molecule has 0 amide bonds. The zero-order valence-electron chi connectivity index (χ0n) is 15.9. The fourth-order valence-corrected chi connectivity index (χ4v) is 3.13. The highest BCUT2D eigenvalue weighted by atomic mass is 16.5. The molecule has 0 saturated carbocycles. The van der Waals surface area contributed by atoms with Crippen molar-refractivity contribution >= 4 is 16.9 Å². The lowest BCUT2D eigenvalue weighted by Gasteiger charge is -2.12. The first-order valence-corrected chi connectivity index (χ1v) is 9.35. The van der Waals surface area contributed by atoms with Gasteiger partial charge in [0.2, 0.25) is 5.88 Å². The monoisotopic (exact) mass is 363 g/mol. The minimum Gasteiger partial charge on any atom is -0.478 e. The number of rotatable bonds is 8. The van der Waals surface area contributed by atoms with Crippen LogP contribution in [0.3, 0.4) is 0 Å². The molecule has 4 heteroatoms. The summed E-state index contributed by atoms with van der Waals surface area (Å²) in [6.07, 6.45) is 2.59. The predicted molar refractivity (Wildman–Crippen MR) is 108 cm³/mol. The predicted octanol–water partition coefficient (Wildman–Crippen LogP) is 5.26. The average molecular weight is 363 g/mol. The molecule has 27 heavy (non-hydrogen) atoms. The highest BCUT2D eigenvalue weighted by molar-refractivity contribution is 5.95. The van der Waals surface area contributed by atoms with Crippen molar-refractivity contribution in [3.8, 4) is 17.0 Å². The Morgan fingerprint density at radius 1 is 1.04 bits per heavy atom. The van der Waals surface area contributed by atoms with Gasteiger partial charge in [0, 0.05) is 11.5 Å². The molecule has 1 heterocycles. The van der Waals surface area contributed by atoms with Crippen molar-refractivity contribution in [2.75, 3.05) is 13.7 Å². The summed E-state index contributed by atoms with van der Waals surface area (Å²) in [6.45, 7) is 2.47. The third kappa shape index (κ3) is 4.85. The van der Waals surface area contributed by atoms with E-state index in [1.165, 1.54) is 7.11 Å². The Balaban J connectivity index is 1.68. The first-order chi connectivity index (χ1) is 13.2. The van der Waals surface area contributed by atoms with Crippen LogP contribution in [0.4, 0.5) is 0 Å². The number of ether oxygens (including phenoxy) is 2. The molecule has 0 aliphatic heterocycles. The summed E-state index contributed by atoms with van der Waals surface area (Å²) in [5, 5.41) is 1.11. The Morgan fingerprint density at radius 2 is 1.78 bits per heavy atom. The fraction of sp³-hybridized carbons (Fsp3) is 0.304. The van der Waals surface area contributed by atoms with Gasteiger partial charge in [0.25, 0.3) is 0 Å². The summed E-state index contributed by atoms with van der Waals surface area (Å²) in [6, 6.07) is 20.4. The molecular formula is C23H25NO3. The molecule has 0 radical (unpaired) electrons. The van der Waals surface area contributed by atoms with E-state index < -0.39 is 0 Å². The van der Waals surface area contributed by atoms with Crippen molar-refractivity contribution in [3.05, 3.63) is 60.7 Å². The zero-order valence-corrected chi connectivity index (χ0v) is 15.9. The Hall–Kier alpha value is -2.88. The topological polar surface area (TPSA) is 48.4 Å². The maximum atomic E-state index is 11.4. The van der Waals surface area contributed by atoms with Crippen molar-refractivity contribution in [2.45, 2.75) is 26.2 Å². The van der Waals surface area contributed by atoms with Gasteiger partial charge in [-0.15, -0.1) is 0 Å². The number of hydrogen-bond donors (Lipinski definition) is 0. The van der Waals surface area contributed by atoms with Gasteiger partial charge in [-0.3, -0.25) is 4.79 Å². The Labute approximate surface area is 160 Å². The maximum Gasteiger partial charge on any atom is 0.308 e. The van der Waals surface area contributed by atoms with Crippen LogP contribution >= 0.6 is 0 Å². The zero-order chi connectivity index (χ0) is 19.1. The van der Waals surface area contributed by atoms with E-state index in [-0.39, 0.29) is 11.9 Å². The molecule has 3 rings (SSSR count). The van der Waals surface area contributed by atoms with Crippen LogP contribution in [0, 0.1) is 5.92 Å². The van der Waals surface area contributed by atoms with Crippen molar-refractivity contribution in [1.29, 1.82) is 0 Å². The lowest BCUT2D eigenvalue weighted by molar-refractivity contribution is -0.145. The molecule has 3 aromatic rings. The van der Waals surface area contributed by atoms with Crippen LogP contribution in [-0.4, -0.2) is 24.7 Å². The van der Waals surface area contributed by atoms with E-state index >= 15 is 0 Å². The number of benzene rings is 2. The van der Waals surface area contributed by atoms with Crippen molar-refractivity contribution in [1.82, 2.24) is 4.98 Å². The Kier molecular flexibility index (Phi) is 6.42. The van der Waals surface area contributed by atoms with E-state index in [1.54, 1.807) is 0 Å². The molecule has 0 fully saturated rings. The van der Waals surface area contributed by atoms with Crippen LogP contribution in [0.15, 0.2) is 60.7 Å². The van der Waals surface area contributed by atoms with E-state index in [9.17, 15) is 4.79 Å². The van der Waals surface area contributed by atoms with Crippen molar-refractivity contribution in [3.63, 3.8) is 0 Å². The fourth-order valence-electron chi connectivity index (χ4n) is 3.13. The number of pyridine rings is 1. The van der Waals surface area contributed by atoms with Gasteiger partial charge in [-0.2, -0.15) is 0 Å². The number of hydrogen-bond acceptors (Lipinski definition) is 4.